The van der Waals surface area contributed by atoms with Crippen molar-refractivity contribution in [3.05, 3.63) is 28.7 Å². The third-order valence-electron chi connectivity index (χ3n) is 3.17. The molecule has 1 atom stereocenters. The summed E-state index contributed by atoms with van der Waals surface area (Å²) in [4.78, 5) is 12.0. The molecule has 1 heterocycles. The lowest BCUT2D eigenvalue weighted by molar-refractivity contribution is -0.119. The quantitative estimate of drug-likeness (QED) is 0.881. The molecular formula is C13H18BrClN2O2. The van der Waals surface area contributed by atoms with Crippen LogP contribution in [0, 0.1) is 5.92 Å². The van der Waals surface area contributed by atoms with E-state index in [1.165, 1.54) is 0 Å². The van der Waals surface area contributed by atoms with E-state index in [0.717, 1.165) is 23.0 Å². The molecular weight excluding hydrogens is 332 g/mol. The lowest BCUT2D eigenvalue weighted by Crippen LogP contribution is -2.43. The number of ether oxygens (including phenoxy) is 1. The highest BCUT2D eigenvalue weighted by Crippen LogP contribution is 2.20. The fourth-order valence-corrected chi connectivity index (χ4v) is 2.48. The first-order valence-electron chi connectivity index (χ1n) is 6.06. The van der Waals surface area contributed by atoms with E-state index >= 15 is 0 Å². The molecule has 4 nitrogen and oxygen atoms in total. The lowest BCUT2D eigenvalue weighted by atomic mass is 9.92. The average Bonchev–Trinajstić information content (AvgIpc) is 2.39. The van der Waals surface area contributed by atoms with Gasteiger partial charge < -0.3 is 15.8 Å². The lowest BCUT2D eigenvalue weighted by Gasteiger charge is -2.26. The van der Waals surface area contributed by atoms with Crippen LogP contribution in [0.3, 0.4) is 0 Å². The standard InChI is InChI=1S/C13H17BrN2O2.ClH/c14-10-2-1-3-11(8-10)16-13(17)12(15)9-4-6-18-7-5-9;/h1-3,8-9,12H,4-7,15H2,(H,16,17);1H. The maximum atomic E-state index is 12.0. The maximum Gasteiger partial charge on any atom is 0.241 e. The molecule has 1 unspecified atom stereocenters. The Hall–Kier alpha value is -0.620. The van der Waals surface area contributed by atoms with Gasteiger partial charge in [-0.3, -0.25) is 4.79 Å². The van der Waals surface area contributed by atoms with Crippen molar-refractivity contribution in [3.63, 3.8) is 0 Å². The Morgan fingerprint density at radius 2 is 2.11 bits per heavy atom. The Balaban J connectivity index is 0.00000180. The second-order valence-electron chi connectivity index (χ2n) is 4.48. The van der Waals surface area contributed by atoms with E-state index in [1.54, 1.807) is 0 Å². The normalized spacial score (nSPS) is 17.4. The highest BCUT2D eigenvalue weighted by molar-refractivity contribution is 9.10. The van der Waals surface area contributed by atoms with Crippen molar-refractivity contribution >= 4 is 39.9 Å². The van der Waals surface area contributed by atoms with Crippen LogP contribution in [0.4, 0.5) is 5.69 Å². The van der Waals surface area contributed by atoms with Gasteiger partial charge >= 0.3 is 0 Å². The van der Waals surface area contributed by atoms with Crippen LogP contribution < -0.4 is 11.1 Å². The number of amides is 1. The first-order chi connectivity index (χ1) is 8.66. The SMILES string of the molecule is Cl.NC(C(=O)Nc1cccc(Br)c1)C1CCOCC1. The van der Waals surface area contributed by atoms with Crippen LogP contribution >= 0.6 is 28.3 Å². The van der Waals surface area contributed by atoms with Gasteiger partial charge in [0.2, 0.25) is 5.91 Å². The number of carbonyl (C=O) groups excluding carboxylic acids is 1. The van der Waals surface area contributed by atoms with Crippen LogP contribution in [-0.4, -0.2) is 25.2 Å². The molecule has 1 saturated heterocycles. The van der Waals surface area contributed by atoms with E-state index < -0.39 is 6.04 Å². The van der Waals surface area contributed by atoms with Crippen LogP contribution in [0.2, 0.25) is 0 Å². The largest absolute Gasteiger partial charge is 0.381 e. The minimum atomic E-state index is -0.465. The molecule has 2 rings (SSSR count). The molecule has 0 radical (unpaired) electrons. The monoisotopic (exact) mass is 348 g/mol. The Morgan fingerprint density at radius 3 is 2.74 bits per heavy atom. The molecule has 0 saturated carbocycles. The van der Waals surface area contributed by atoms with Gasteiger partial charge in [0.15, 0.2) is 0 Å². The molecule has 19 heavy (non-hydrogen) atoms. The zero-order chi connectivity index (χ0) is 13.0. The van der Waals surface area contributed by atoms with Gasteiger partial charge in [-0.1, -0.05) is 22.0 Å². The Kier molecular flexibility index (Phi) is 6.79. The molecule has 1 aliphatic heterocycles. The summed E-state index contributed by atoms with van der Waals surface area (Å²) in [5.74, 6) is 0.0888. The molecule has 1 aromatic carbocycles. The van der Waals surface area contributed by atoms with Gasteiger partial charge in [0, 0.05) is 23.4 Å². The van der Waals surface area contributed by atoms with Gasteiger partial charge in [0.1, 0.15) is 0 Å². The number of hydrogen-bond acceptors (Lipinski definition) is 3. The van der Waals surface area contributed by atoms with Gasteiger partial charge in [0.25, 0.3) is 0 Å². The van der Waals surface area contributed by atoms with Crippen LogP contribution in [0.5, 0.6) is 0 Å². The van der Waals surface area contributed by atoms with Crippen molar-refractivity contribution in [3.8, 4) is 0 Å². The van der Waals surface area contributed by atoms with Gasteiger partial charge in [0.05, 0.1) is 6.04 Å². The molecule has 0 aliphatic carbocycles. The van der Waals surface area contributed by atoms with Crippen molar-refractivity contribution in [1.29, 1.82) is 0 Å². The number of benzene rings is 1. The second-order valence-corrected chi connectivity index (χ2v) is 5.39. The summed E-state index contributed by atoms with van der Waals surface area (Å²) in [6, 6.07) is 7.02. The van der Waals surface area contributed by atoms with Gasteiger partial charge in [-0.2, -0.15) is 0 Å². The predicted octanol–water partition coefficient (Wildman–Crippen LogP) is 2.56. The van der Waals surface area contributed by atoms with Crippen molar-refractivity contribution < 1.29 is 9.53 Å². The second kappa shape index (κ2) is 7.85. The number of rotatable bonds is 3. The fraction of sp³-hybridized carbons (Fsp3) is 0.462. The zero-order valence-electron chi connectivity index (χ0n) is 10.5. The molecule has 0 aromatic heterocycles. The van der Waals surface area contributed by atoms with Gasteiger partial charge in [-0.05, 0) is 37.0 Å². The summed E-state index contributed by atoms with van der Waals surface area (Å²) in [7, 11) is 0. The average molecular weight is 350 g/mol. The molecule has 1 amide bonds. The van der Waals surface area contributed by atoms with E-state index in [0.29, 0.717) is 13.2 Å². The van der Waals surface area contributed by atoms with Crippen LogP contribution in [-0.2, 0) is 9.53 Å². The number of anilines is 1. The highest BCUT2D eigenvalue weighted by atomic mass is 79.9. The van der Waals surface area contributed by atoms with E-state index in [9.17, 15) is 4.79 Å². The predicted molar refractivity (Wildman–Crippen MR) is 81.5 cm³/mol. The number of nitrogens with one attached hydrogen (secondary N) is 1. The van der Waals surface area contributed by atoms with Crippen LogP contribution in [0.25, 0.3) is 0 Å². The van der Waals surface area contributed by atoms with Gasteiger partial charge in [-0.15, -0.1) is 12.4 Å². The molecule has 106 valence electrons. The first kappa shape index (κ1) is 16.4. The van der Waals surface area contributed by atoms with E-state index in [-0.39, 0.29) is 24.2 Å². The maximum absolute atomic E-state index is 12.0. The topological polar surface area (TPSA) is 64.4 Å². The smallest absolute Gasteiger partial charge is 0.241 e. The van der Waals surface area contributed by atoms with Gasteiger partial charge in [-0.25, -0.2) is 0 Å². The molecule has 6 heteroatoms. The van der Waals surface area contributed by atoms with Crippen molar-refractivity contribution in [2.24, 2.45) is 11.7 Å². The Morgan fingerprint density at radius 1 is 1.42 bits per heavy atom. The van der Waals surface area contributed by atoms with E-state index in [4.69, 9.17) is 10.5 Å². The third-order valence-corrected chi connectivity index (χ3v) is 3.66. The summed E-state index contributed by atoms with van der Waals surface area (Å²) < 4.78 is 6.20. The summed E-state index contributed by atoms with van der Waals surface area (Å²) in [5, 5.41) is 2.85. The first-order valence-corrected chi connectivity index (χ1v) is 6.86. The highest BCUT2D eigenvalue weighted by Gasteiger charge is 2.26. The molecule has 1 aliphatic rings. The Labute approximate surface area is 127 Å². The van der Waals surface area contributed by atoms with Crippen molar-refractivity contribution in [2.45, 2.75) is 18.9 Å². The summed E-state index contributed by atoms with van der Waals surface area (Å²) >= 11 is 3.37. The third kappa shape index (κ3) is 4.76. The van der Waals surface area contributed by atoms with Crippen LogP contribution in [0.1, 0.15) is 12.8 Å². The number of hydrogen-bond donors (Lipinski definition) is 2. The minimum Gasteiger partial charge on any atom is -0.381 e. The summed E-state index contributed by atoms with van der Waals surface area (Å²) in [6.07, 6.45) is 1.71. The van der Waals surface area contributed by atoms with E-state index in [1.807, 2.05) is 24.3 Å². The van der Waals surface area contributed by atoms with Crippen molar-refractivity contribution in [2.75, 3.05) is 18.5 Å². The Bertz CT molecular complexity index is 425. The number of carbonyl (C=O) groups is 1. The van der Waals surface area contributed by atoms with Crippen molar-refractivity contribution in [1.82, 2.24) is 0 Å². The fourth-order valence-electron chi connectivity index (χ4n) is 2.08. The molecule has 1 aromatic rings. The summed E-state index contributed by atoms with van der Waals surface area (Å²) in [6.45, 7) is 1.39. The van der Waals surface area contributed by atoms with E-state index in [2.05, 4.69) is 21.2 Å². The molecule has 1 fully saturated rings. The number of halogens is 2. The summed E-state index contributed by atoms with van der Waals surface area (Å²) in [5.41, 5.74) is 6.76. The molecule has 3 N–H and O–H groups in total. The number of nitrogens with two attached hydrogens (primary N) is 1. The molecule has 0 bridgehead atoms. The zero-order valence-corrected chi connectivity index (χ0v) is 12.9. The minimum absolute atomic E-state index is 0. The van der Waals surface area contributed by atoms with Crippen LogP contribution in [0.15, 0.2) is 28.7 Å². The molecule has 0 spiro atoms.